The average Bonchev–Trinajstić information content (AvgIpc) is 3.02. The van der Waals surface area contributed by atoms with E-state index in [0.717, 1.165) is 43.7 Å². The Kier molecular flexibility index (Phi) is 5.52. The maximum atomic E-state index is 13.1. The minimum atomic E-state index is -0.513. The molecule has 0 radical (unpaired) electrons. The van der Waals surface area contributed by atoms with E-state index in [1.54, 1.807) is 6.08 Å². The summed E-state index contributed by atoms with van der Waals surface area (Å²) in [6, 6.07) is 0. The van der Waals surface area contributed by atoms with Gasteiger partial charge in [-0.2, -0.15) is 0 Å². The van der Waals surface area contributed by atoms with Gasteiger partial charge >= 0.3 is 0 Å². The molecule has 0 saturated heterocycles. The number of carbonyl (C=O) groups is 1. The SMILES string of the molecule is CC(C=CN)=NCC(=O)[C@H]1CC[C@H]2[C@@H]3CC=C4C[C@](C)(O)CC[C@@H]4[C@H]3CC[C@]12C. The topological polar surface area (TPSA) is 75.7 Å². The van der Waals surface area contributed by atoms with Gasteiger partial charge in [-0.3, -0.25) is 9.79 Å². The normalized spacial score (nSPS) is 44.8. The fraction of sp³-hybridized carbons (Fsp3) is 0.760. The molecule has 0 aromatic carbocycles. The molecule has 3 saturated carbocycles. The zero-order valence-corrected chi connectivity index (χ0v) is 18.4. The Morgan fingerprint density at radius 1 is 1.24 bits per heavy atom. The summed E-state index contributed by atoms with van der Waals surface area (Å²) in [6.45, 7) is 6.58. The van der Waals surface area contributed by atoms with Crippen molar-refractivity contribution in [2.45, 2.75) is 77.7 Å². The zero-order valence-electron chi connectivity index (χ0n) is 18.4. The molecule has 3 N–H and O–H groups in total. The Morgan fingerprint density at radius 3 is 2.79 bits per heavy atom. The minimum Gasteiger partial charge on any atom is -0.405 e. The molecule has 4 heteroatoms. The molecule has 0 aliphatic heterocycles. The van der Waals surface area contributed by atoms with Crippen molar-refractivity contribution in [1.29, 1.82) is 0 Å². The molecule has 4 aliphatic carbocycles. The molecule has 0 aromatic heterocycles. The van der Waals surface area contributed by atoms with Gasteiger partial charge in [-0.25, -0.2) is 0 Å². The number of hydrogen-bond acceptors (Lipinski definition) is 4. The Hall–Kier alpha value is -1.42. The number of Topliss-reactive ketones (excluding diaryl/α,β-unsaturated/α-hetero) is 1. The van der Waals surface area contributed by atoms with Crippen LogP contribution in [-0.4, -0.2) is 28.7 Å². The molecule has 7 atom stereocenters. The molecular weight excluding hydrogens is 360 g/mol. The summed E-state index contributed by atoms with van der Waals surface area (Å²) in [5, 5.41) is 10.5. The predicted octanol–water partition coefficient (Wildman–Crippen LogP) is 4.43. The van der Waals surface area contributed by atoms with Crippen LogP contribution in [0.1, 0.15) is 72.1 Å². The van der Waals surface area contributed by atoms with Crippen LogP contribution in [0.5, 0.6) is 0 Å². The number of aliphatic hydroxyl groups is 1. The molecule has 0 spiro atoms. The zero-order chi connectivity index (χ0) is 20.8. The van der Waals surface area contributed by atoms with Gasteiger partial charge in [0.05, 0.1) is 12.1 Å². The lowest BCUT2D eigenvalue weighted by Crippen LogP contribution is -2.48. The Bertz CT molecular complexity index is 750. The number of hydrogen-bond donors (Lipinski definition) is 2. The first kappa shape index (κ1) is 20.8. The third-order valence-corrected chi connectivity index (χ3v) is 8.93. The molecular formula is C25H38N2O2. The molecule has 0 amide bonds. The van der Waals surface area contributed by atoms with Crippen molar-refractivity contribution in [3.05, 3.63) is 23.9 Å². The van der Waals surface area contributed by atoms with Crippen LogP contribution < -0.4 is 5.73 Å². The number of aliphatic imine (C=N–C) groups is 1. The lowest BCUT2D eigenvalue weighted by atomic mass is 9.51. The van der Waals surface area contributed by atoms with E-state index in [0.29, 0.717) is 30.1 Å². The monoisotopic (exact) mass is 398 g/mol. The molecule has 3 fully saturated rings. The molecule has 4 nitrogen and oxygen atoms in total. The second kappa shape index (κ2) is 7.68. The summed E-state index contributed by atoms with van der Waals surface area (Å²) in [5.41, 5.74) is 7.39. The van der Waals surface area contributed by atoms with E-state index in [2.05, 4.69) is 18.0 Å². The molecule has 4 rings (SSSR count). The van der Waals surface area contributed by atoms with Gasteiger partial charge in [-0.15, -0.1) is 0 Å². The van der Waals surface area contributed by atoms with Crippen LogP contribution >= 0.6 is 0 Å². The number of nitrogens with zero attached hydrogens (tertiary/aromatic N) is 1. The van der Waals surface area contributed by atoms with Crippen molar-refractivity contribution >= 4 is 11.5 Å². The van der Waals surface area contributed by atoms with Gasteiger partial charge in [0, 0.05) is 11.6 Å². The van der Waals surface area contributed by atoms with Crippen molar-refractivity contribution in [1.82, 2.24) is 0 Å². The summed E-state index contributed by atoms with van der Waals surface area (Å²) in [4.78, 5) is 17.5. The van der Waals surface area contributed by atoms with E-state index in [-0.39, 0.29) is 11.3 Å². The van der Waals surface area contributed by atoms with E-state index in [1.165, 1.54) is 31.0 Å². The molecule has 160 valence electrons. The number of allylic oxidation sites excluding steroid dienone is 2. The second-order valence-electron chi connectivity index (χ2n) is 10.7. The Morgan fingerprint density at radius 2 is 2.03 bits per heavy atom. The van der Waals surface area contributed by atoms with E-state index >= 15 is 0 Å². The summed E-state index contributed by atoms with van der Waals surface area (Å²) in [5.74, 6) is 3.28. The van der Waals surface area contributed by atoms with Gasteiger partial charge in [0.25, 0.3) is 0 Å². The molecule has 29 heavy (non-hydrogen) atoms. The summed E-state index contributed by atoms with van der Waals surface area (Å²) < 4.78 is 0. The third-order valence-electron chi connectivity index (χ3n) is 8.93. The molecule has 0 aromatic rings. The van der Waals surface area contributed by atoms with Crippen molar-refractivity contribution < 1.29 is 9.90 Å². The van der Waals surface area contributed by atoms with E-state index in [4.69, 9.17) is 5.73 Å². The first-order valence-corrected chi connectivity index (χ1v) is 11.6. The van der Waals surface area contributed by atoms with Gasteiger partial charge < -0.3 is 10.8 Å². The van der Waals surface area contributed by atoms with Gasteiger partial charge in [0.2, 0.25) is 0 Å². The van der Waals surface area contributed by atoms with E-state index in [1.807, 2.05) is 13.8 Å². The fourth-order valence-corrected chi connectivity index (χ4v) is 7.50. The quantitative estimate of drug-likeness (QED) is 0.543. The minimum absolute atomic E-state index is 0.136. The van der Waals surface area contributed by atoms with Crippen LogP contribution in [0.2, 0.25) is 0 Å². The maximum absolute atomic E-state index is 13.1. The Balaban J connectivity index is 1.49. The summed E-state index contributed by atoms with van der Waals surface area (Å²) in [6.07, 6.45) is 14.4. The smallest absolute Gasteiger partial charge is 0.157 e. The number of carbonyl (C=O) groups excluding carboxylic acids is 1. The largest absolute Gasteiger partial charge is 0.405 e. The van der Waals surface area contributed by atoms with Gasteiger partial charge in [-0.1, -0.05) is 18.6 Å². The van der Waals surface area contributed by atoms with Crippen LogP contribution in [0.15, 0.2) is 28.9 Å². The lowest BCUT2D eigenvalue weighted by Gasteiger charge is -2.54. The molecule has 0 unspecified atom stereocenters. The predicted molar refractivity (Wildman–Crippen MR) is 118 cm³/mol. The van der Waals surface area contributed by atoms with Crippen molar-refractivity contribution in [3.63, 3.8) is 0 Å². The van der Waals surface area contributed by atoms with E-state index < -0.39 is 5.60 Å². The Labute approximate surface area is 175 Å². The molecule has 0 heterocycles. The van der Waals surface area contributed by atoms with Crippen LogP contribution in [0.4, 0.5) is 0 Å². The van der Waals surface area contributed by atoms with Crippen LogP contribution in [0, 0.1) is 35.0 Å². The number of rotatable bonds is 4. The van der Waals surface area contributed by atoms with Crippen molar-refractivity contribution in [3.8, 4) is 0 Å². The first-order chi connectivity index (χ1) is 13.7. The van der Waals surface area contributed by atoms with Crippen molar-refractivity contribution in [2.75, 3.05) is 6.54 Å². The van der Waals surface area contributed by atoms with E-state index in [9.17, 15) is 9.90 Å². The highest BCUT2D eigenvalue weighted by molar-refractivity contribution is 5.95. The van der Waals surface area contributed by atoms with Gasteiger partial charge in [0.1, 0.15) is 0 Å². The number of fused-ring (bicyclic) bond motifs is 5. The average molecular weight is 399 g/mol. The standard InChI is InChI=1S/C25H38N2O2/c1-16(10-13-26)27-15-23(28)22-7-6-21-20-5-4-17-14-24(2,29)11-8-18(17)19(20)9-12-25(21,22)3/h4,10,13,18-22,29H,5-9,11-12,14-15,26H2,1-3H3/t18-,19+,20+,21-,22+,24+,25-/m0/s1. The molecule has 0 bridgehead atoms. The van der Waals surface area contributed by atoms with Crippen LogP contribution in [-0.2, 0) is 4.79 Å². The third kappa shape index (κ3) is 3.73. The molecule has 4 aliphatic rings. The van der Waals surface area contributed by atoms with Gasteiger partial charge in [-0.05, 0) is 107 Å². The van der Waals surface area contributed by atoms with Crippen molar-refractivity contribution in [2.24, 2.45) is 45.7 Å². The summed E-state index contributed by atoms with van der Waals surface area (Å²) >= 11 is 0. The summed E-state index contributed by atoms with van der Waals surface area (Å²) in [7, 11) is 0. The number of ketones is 1. The highest BCUT2D eigenvalue weighted by Crippen LogP contribution is 2.63. The number of nitrogens with two attached hydrogens (primary N) is 1. The fourth-order valence-electron chi connectivity index (χ4n) is 7.50. The van der Waals surface area contributed by atoms with Crippen LogP contribution in [0.3, 0.4) is 0 Å². The second-order valence-corrected chi connectivity index (χ2v) is 10.7. The highest BCUT2D eigenvalue weighted by Gasteiger charge is 2.57. The van der Waals surface area contributed by atoms with Gasteiger partial charge in [0.15, 0.2) is 5.78 Å². The highest BCUT2D eigenvalue weighted by atomic mass is 16.3. The van der Waals surface area contributed by atoms with Crippen LogP contribution in [0.25, 0.3) is 0 Å². The maximum Gasteiger partial charge on any atom is 0.157 e. The first-order valence-electron chi connectivity index (χ1n) is 11.6. The lowest BCUT2D eigenvalue weighted by molar-refractivity contribution is -0.127.